The van der Waals surface area contributed by atoms with Crippen molar-refractivity contribution in [1.82, 2.24) is 25.8 Å². The van der Waals surface area contributed by atoms with Gasteiger partial charge in [0, 0.05) is 44.4 Å². The summed E-state index contributed by atoms with van der Waals surface area (Å²) in [4.78, 5) is 79.2. The molecule has 0 bridgehead atoms. The van der Waals surface area contributed by atoms with Crippen molar-refractivity contribution in [1.29, 1.82) is 0 Å². The Labute approximate surface area is 340 Å². The average Bonchev–Trinajstić information content (AvgIpc) is 3.41. The van der Waals surface area contributed by atoms with E-state index < -0.39 is 55.9 Å². The highest BCUT2D eigenvalue weighted by atomic mass is 28.4. The van der Waals surface area contributed by atoms with Crippen LogP contribution in [0.25, 0.3) is 0 Å². The Morgan fingerprint density at radius 2 is 1.53 bits per heavy atom. The summed E-state index contributed by atoms with van der Waals surface area (Å²) in [6.07, 6.45) is 9.69. The maximum Gasteiger partial charge on any atom is 0.410 e. The molecule has 2 rings (SSSR count). The van der Waals surface area contributed by atoms with Crippen molar-refractivity contribution in [3.05, 3.63) is 41.5 Å². The van der Waals surface area contributed by atoms with Crippen molar-refractivity contribution in [2.75, 3.05) is 25.5 Å². The van der Waals surface area contributed by atoms with Gasteiger partial charge < -0.3 is 35.3 Å². The maximum absolute atomic E-state index is 13.5. The second-order valence-corrected chi connectivity index (χ2v) is 22.3. The van der Waals surface area contributed by atoms with Crippen LogP contribution in [-0.2, 0) is 46.3 Å². The highest BCUT2D eigenvalue weighted by Crippen LogP contribution is 2.37. The second-order valence-electron chi connectivity index (χ2n) is 17.5. The van der Waals surface area contributed by atoms with E-state index in [0.717, 1.165) is 11.1 Å². The smallest absolute Gasteiger partial charge is 0.410 e. The Kier molecular flexibility index (Phi) is 18.2. The zero-order chi connectivity index (χ0) is 43.3. The van der Waals surface area contributed by atoms with Crippen LogP contribution >= 0.6 is 0 Å². The molecule has 15 heteroatoms. The van der Waals surface area contributed by atoms with E-state index in [9.17, 15) is 28.8 Å². The van der Waals surface area contributed by atoms with Crippen LogP contribution in [-0.4, -0.2) is 97.6 Å². The van der Waals surface area contributed by atoms with Crippen LogP contribution < -0.4 is 21.3 Å². The highest BCUT2D eigenvalue weighted by Gasteiger charge is 2.37. The fourth-order valence-electron chi connectivity index (χ4n) is 5.41. The van der Waals surface area contributed by atoms with Crippen molar-refractivity contribution >= 4 is 49.6 Å². The van der Waals surface area contributed by atoms with Crippen molar-refractivity contribution in [2.45, 2.75) is 143 Å². The van der Waals surface area contributed by atoms with Crippen molar-refractivity contribution in [2.24, 2.45) is 5.92 Å². The number of ether oxygens (including phenoxy) is 1. The van der Waals surface area contributed by atoms with Gasteiger partial charge in [-0.25, -0.2) is 4.79 Å². The zero-order valence-corrected chi connectivity index (χ0v) is 37.1. The molecule has 0 fully saturated rings. The quantitative estimate of drug-likeness (QED) is 0.0595. The number of nitrogens with zero attached hydrogens (tertiary/aromatic N) is 2. The number of rotatable bonds is 20. The van der Waals surface area contributed by atoms with Crippen LogP contribution in [0, 0.1) is 18.3 Å². The molecule has 0 unspecified atom stereocenters. The lowest BCUT2D eigenvalue weighted by molar-refractivity contribution is -0.137. The van der Waals surface area contributed by atoms with Crippen LogP contribution in [0.2, 0.25) is 18.1 Å². The topological polar surface area (TPSA) is 175 Å². The molecule has 0 saturated carbocycles. The Morgan fingerprint density at radius 3 is 2.09 bits per heavy atom. The second kappa shape index (κ2) is 21.3. The lowest BCUT2D eigenvalue weighted by atomic mass is 10.0. The molecule has 3 atom stereocenters. The molecule has 1 aliphatic heterocycles. The molecule has 1 aliphatic rings. The van der Waals surface area contributed by atoms with E-state index in [-0.39, 0.29) is 35.7 Å². The van der Waals surface area contributed by atoms with Gasteiger partial charge in [-0.3, -0.25) is 28.9 Å². The van der Waals surface area contributed by atoms with Gasteiger partial charge in [0.15, 0.2) is 8.32 Å². The monoisotopic (exact) mass is 810 g/mol. The van der Waals surface area contributed by atoms with Gasteiger partial charge in [-0.05, 0) is 94.4 Å². The van der Waals surface area contributed by atoms with E-state index >= 15 is 0 Å². The van der Waals surface area contributed by atoms with Crippen LogP contribution in [0.1, 0.15) is 99.1 Å². The standard InChI is InChI=1S/C42H66N6O8Si/c1-14-18-33(43-23-16-15-17-24-48-34(49)21-22-35(48)50)38(52)46-36(28(2)3)39(53)44-29(4)37(51)45-32-20-19-30(27-55-57(12,13)42(8,9)10)31(25-32)26-47(11)40(54)56-41(5,6)7/h1,19-22,25,28-29,33,36,43H,15-18,23-24,26-27H2,2-13H3,(H,44,53)(H,45,51)(H,46,52)/t29-,33-,36-/m0/s1. The first-order valence-electron chi connectivity index (χ1n) is 19.7. The third kappa shape index (κ3) is 15.7. The summed E-state index contributed by atoms with van der Waals surface area (Å²) in [5.41, 5.74) is 1.43. The Bertz CT molecular complexity index is 1650. The largest absolute Gasteiger partial charge is 0.444 e. The SMILES string of the molecule is C#CC[C@H](NCCCCCN1C(=O)C=CC1=O)C(=O)N[C@H](C(=O)N[C@@H](C)C(=O)Nc1ccc(CO[Si](C)(C)C(C)(C)C)c(CN(C)C(=O)OC(C)(C)C)c1)C(C)C. The van der Waals surface area contributed by atoms with Crippen molar-refractivity contribution in [3.63, 3.8) is 0 Å². The minimum Gasteiger partial charge on any atom is -0.444 e. The van der Waals surface area contributed by atoms with E-state index in [2.05, 4.69) is 61.1 Å². The van der Waals surface area contributed by atoms with Gasteiger partial charge in [0.1, 0.15) is 17.7 Å². The average molecular weight is 811 g/mol. The number of anilines is 1. The molecule has 1 aromatic carbocycles. The van der Waals surface area contributed by atoms with Gasteiger partial charge in [0.05, 0.1) is 12.6 Å². The van der Waals surface area contributed by atoms with E-state index in [1.807, 2.05) is 6.07 Å². The van der Waals surface area contributed by atoms with Gasteiger partial charge in [0.2, 0.25) is 17.7 Å². The number of hydrogen-bond acceptors (Lipinski definition) is 9. The molecule has 0 spiro atoms. The predicted octanol–water partition coefficient (Wildman–Crippen LogP) is 5.24. The van der Waals surface area contributed by atoms with Gasteiger partial charge in [-0.1, -0.05) is 47.1 Å². The number of nitrogens with one attached hydrogen (secondary N) is 4. The minimum absolute atomic E-state index is 0.00618. The molecule has 57 heavy (non-hydrogen) atoms. The normalized spacial score (nSPS) is 14.8. The summed E-state index contributed by atoms with van der Waals surface area (Å²) < 4.78 is 12.1. The molecule has 1 aromatic rings. The van der Waals surface area contributed by atoms with Crippen molar-refractivity contribution < 1.29 is 37.9 Å². The van der Waals surface area contributed by atoms with E-state index in [1.54, 1.807) is 60.7 Å². The molecule has 4 N–H and O–H groups in total. The number of terminal acetylenes is 1. The van der Waals surface area contributed by atoms with Gasteiger partial charge in [-0.2, -0.15) is 0 Å². The number of carbonyl (C=O) groups excluding carboxylic acids is 6. The molecular weight excluding hydrogens is 745 g/mol. The summed E-state index contributed by atoms with van der Waals surface area (Å²) >= 11 is 0. The van der Waals surface area contributed by atoms with Crippen LogP contribution in [0.4, 0.5) is 10.5 Å². The number of benzene rings is 1. The first kappa shape index (κ1) is 48.6. The number of amides is 6. The van der Waals surface area contributed by atoms with E-state index in [1.165, 1.54) is 22.0 Å². The summed E-state index contributed by atoms with van der Waals surface area (Å²) in [6, 6.07) is 2.75. The molecular formula is C42H66N6O8Si. The molecule has 0 aromatic heterocycles. The summed E-state index contributed by atoms with van der Waals surface area (Å²) in [6.45, 7) is 22.7. The first-order valence-corrected chi connectivity index (χ1v) is 22.6. The van der Waals surface area contributed by atoms with Gasteiger partial charge in [-0.15, -0.1) is 12.3 Å². The number of unbranched alkanes of at least 4 members (excludes halogenated alkanes) is 2. The molecule has 6 amide bonds. The third-order valence-corrected chi connectivity index (χ3v) is 14.4. The van der Waals surface area contributed by atoms with Gasteiger partial charge >= 0.3 is 6.09 Å². The molecule has 1 heterocycles. The Balaban J connectivity index is 2.08. The minimum atomic E-state index is -2.11. The lowest BCUT2D eigenvalue weighted by Gasteiger charge is -2.36. The predicted molar refractivity (Wildman–Crippen MR) is 224 cm³/mol. The molecule has 0 saturated heterocycles. The first-order chi connectivity index (χ1) is 26.4. The summed E-state index contributed by atoms with van der Waals surface area (Å²) in [7, 11) is -0.457. The summed E-state index contributed by atoms with van der Waals surface area (Å²) in [5, 5.41) is 11.5. The zero-order valence-electron chi connectivity index (χ0n) is 36.1. The summed E-state index contributed by atoms with van der Waals surface area (Å²) in [5.74, 6) is 0.115. The van der Waals surface area contributed by atoms with Crippen LogP contribution in [0.15, 0.2) is 30.4 Å². The number of hydrogen-bond donors (Lipinski definition) is 4. The molecule has 316 valence electrons. The Morgan fingerprint density at radius 1 is 0.895 bits per heavy atom. The lowest BCUT2D eigenvalue weighted by Crippen LogP contribution is -2.56. The number of carbonyl (C=O) groups is 6. The number of imide groups is 1. The molecule has 14 nitrogen and oxygen atoms in total. The molecule has 0 aliphatic carbocycles. The fourth-order valence-corrected chi connectivity index (χ4v) is 6.36. The van der Waals surface area contributed by atoms with E-state index in [4.69, 9.17) is 15.6 Å². The third-order valence-electron chi connectivity index (χ3n) is 9.97. The highest BCUT2D eigenvalue weighted by molar-refractivity contribution is 6.74. The fraction of sp³-hybridized carbons (Fsp3) is 0.619. The van der Waals surface area contributed by atoms with E-state index in [0.29, 0.717) is 44.6 Å². The van der Waals surface area contributed by atoms with Gasteiger partial charge in [0.25, 0.3) is 11.8 Å². The van der Waals surface area contributed by atoms with Crippen molar-refractivity contribution in [3.8, 4) is 12.3 Å². The van der Waals surface area contributed by atoms with Crippen LogP contribution in [0.3, 0.4) is 0 Å². The maximum atomic E-state index is 13.5. The Hall–Kier alpha value is -4.52. The van der Waals surface area contributed by atoms with Crippen LogP contribution in [0.5, 0.6) is 0 Å². The molecule has 0 radical (unpaired) electrons.